The van der Waals surface area contributed by atoms with Crippen molar-refractivity contribution in [3.8, 4) is 17.0 Å². The lowest BCUT2D eigenvalue weighted by molar-refractivity contribution is -0.231. The number of fused-ring (bicyclic) bond motifs is 1. The highest BCUT2D eigenvalue weighted by Crippen LogP contribution is 2.40. The maximum absolute atomic E-state index is 6.40. The Kier molecular flexibility index (Phi) is 4.17. The Labute approximate surface area is 160 Å². The van der Waals surface area contributed by atoms with Crippen molar-refractivity contribution in [2.75, 3.05) is 13.1 Å². The number of benzene rings is 1. The van der Waals surface area contributed by atoms with E-state index in [9.17, 15) is 0 Å². The van der Waals surface area contributed by atoms with E-state index in [0.717, 1.165) is 65.9 Å². The summed E-state index contributed by atoms with van der Waals surface area (Å²) in [5, 5.41) is 0. The molecule has 0 atom stereocenters. The third-order valence-corrected chi connectivity index (χ3v) is 6.34. The van der Waals surface area contributed by atoms with Gasteiger partial charge in [0.2, 0.25) is 5.79 Å². The number of hydrogen-bond donors (Lipinski definition) is 0. The van der Waals surface area contributed by atoms with E-state index in [1.165, 1.54) is 19.3 Å². The number of hydrogen-bond acceptors (Lipinski definition) is 5. The van der Waals surface area contributed by atoms with E-state index < -0.39 is 5.79 Å². The number of nitrogens with zero attached hydrogens (tertiary/aromatic N) is 3. The van der Waals surface area contributed by atoms with Crippen molar-refractivity contribution in [1.82, 2.24) is 14.9 Å². The number of aromatic nitrogens is 2. The molecule has 1 spiro atoms. The van der Waals surface area contributed by atoms with Crippen LogP contribution in [0.5, 0.6) is 5.75 Å². The fourth-order valence-electron chi connectivity index (χ4n) is 4.49. The second-order valence-corrected chi connectivity index (χ2v) is 8.19. The molecule has 1 saturated carbocycles. The van der Waals surface area contributed by atoms with Gasteiger partial charge in [-0.1, -0.05) is 6.42 Å². The SMILES string of the molecule is Cc1cnc(-c2ccc3c(c2)COC2(CCN(C4CCC4)CC2)O3)c(C)n1. The Morgan fingerprint density at radius 1 is 1.15 bits per heavy atom. The highest BCUT2D eigenvalue weighted by molar-refractivity contribution is 5.64. The first-order valence-corrected chi connectivity index (χ1v) is 10.1. The summed E-state index contributed by atoms with van der Waals surface area (Å²) in [4.78, 5) is 11.7. The molecule has 0 radical (unpaired) electrons. The first-order valence-electron chi connectivity index (χ1n) is 10.1. The van der Waals surface area contributed by atoms with Crippen LogP contribution in [0.2, 0.25) is 0 Å². The van der Waals surface area contributed by atoms with Crippen LogP contribution in [0.1, 0.15) is 49.1 Å². The summed E-state index contributed by atoms with van der Waals surface area (Å²) in [5.41, 5.74) is 4.99. The number of ether oxygens (including phenoxy) is 2. The van der Waals surface area contributed by atoms with Crippen molar-refractivity contribution >= 4 is 0 Å². The molecule has 5 rings (SSSR count). The molecular formula is C22H27N3O2. The van der Waals surface area contributed by atoms with E-state index in [4.69, 9.17) is 9.47 Å². The van der Waals surface area contributed by atoms with E-state index in [1.807, 2.05) is 20.0 Å². The third kappa shape index (κ3) is 3.13. The second-order valence-electron chi connectivity index (χ2n) is 8.19. The molecule has 3 heterocycles. The van der Waals surface area contributed by atoms with Crippen molar-refractivity contribution in [2.45, 2.75) is 64.4 Å². The maximum atomic E-state index is 6.40. The number of piperidine rings is 1. The number of aryl methyl sites for hydroxylation is 2. The summed E-state index contributed by atoms with van der Waals surface area (Å²) in [6.07, 6.45) is 7.84. The molecule has 1 aliphatic carbocycles. The molecule has 2 aliphatic heterocycles. The first kappa shape index (κ1) is 17.1. The minimum Gasteiger partial charge on any atom is -0.462 e. The summed E-state index contributed by atoms with van der Waals surface area (Å²) in [6.45, 7) is 6.73. The highest BCUT2D eigenvalue weighted by Gasteiger charge is 2.42. The largest absolute Gasteiger partial charge is 0.462 e. The average Bonchev–Trinajstić information content (AvgIpc) is 2.62. The minimum absolute atomic E-state index is 0.436. The molecule has 0 bridgehead atoms. The quantitative estimate of drug-likeness (QED) is 0.805. The van der Waals surface area contributed by atoms with Gasteiger partial charge in [0.1, 0.15) is 5.75 Å². The van der Waals surface area contributed by atoms with E-state index in [2.05, 4.69) is 33.1 Å². The summed E-state index contributed by atoms with van der Waals surface area (Å²) >= 11 is 0. The van der Waals surface area contributed by atoms with Crippen LogP contribution >= 0.6 is 0 Å². The van der Waals surface area contributed by atoms with Gasteiger partial charge in [0.25, 0.3) is 0 Å². The fourth-order valence-corrected chi connectivity index (χ4v) is 4.49. The zero-order valence-electron chi connectivity index (χ0n) is 16.2. The van der Waals surface area contributed by atoms with E-state index in [-0.39, 0.29) is 0 Å². The molecule has 5 nitrogen and oxygen atoms in total. The summed E-state index contributed by atoms with van der Waals surface area (Å²) in [6, 6.07) is 7.11. The van der Waals surface area contributed by atoms with E-state index in [0.29, 0.717) is 6.61 Å². The van der Waals surface area contributed by atoms with Crippen molar-refractivity contribution < 1.29 is 9.47 Å². The molecule has 0 amide bonds. The van der Waals surface area contributed by atoms with Crippen molar-refractivity contribution in [3.05, 3.63) is 41.3 Å². The summed E-state index contributed by atoms with van der Waals surface area (Å²) in [7, 11) is 0. The molecule has 27 heavy (non-hydrogen) atoms. The molecule has 3 aliphatic rings. The zero-order chi connectivity index (χ0) is 18.4. The molecule has 2 aromatic rings. The van der Waals surface area contributed by atoms with Crippen LogP contribution in [-0.4, -0.2) is 39.8 Å². The molecule has 5 heteroatoms. The van der Waals surface area contributed by atoms with E-state index in [1.54, 1.807) is 0 Å². The van der Waals surface area contributed by atoms with Gasteiger partial charge < -0.3 is 9.47 Å². The zero-order valence-corrected chi connectivity index (χ0v) is 16.2. The Morgan fingerprint density at radius 3 is 2.67 bits per heavy atom. The highest BCUT2D eigenvalue weighted by atomic mass is 16.7. The predicted molar refractivity (Wildman–Crippen MR) is 104 cm³/mol. The normalized spacial score (nSPS) is 22.1. The minimum atomic E-state index is -0.436. The third-order valence-electron chi connectivity index (χ3n) is 6.34. The second kappa shape index (κ2) is 6.57. The number of likely N-dealkylation sites (tertiary alicyclic amines) is 1. The van der Waals surface area contributed by atoms with Crippen LogP contribution in [0, 0.1) is 13.8 Å². The van der Waals surface area contributed by atoms with Gasteiger partial charge in [-0.3, -0.25) is 14.9 Å². The Hall–Kier alpha value is -1.98. The van der Waals surface area contributed by atoms with Gasteiger partial charge in [0, 0.05) is 49.3 Å². The first-order chi connectivity index (χ1) is 13.1. The van der Waals surface area contributed by atoms with E-state index >= 15 is 0 Å². The van der Waals surface area contributed by atoms with Gasteiger partial charge in [-0.25, -0.2) is 0 Å². The van der Waals surface area contributed by atoms with Gasteiger partial charge in [0.15, 0.2) is 0 Å². The predicted octanol–water partition coefficient (Wildman–Crippen LogP) is 4.01. The maximum Gasteiger partial charge on any atom is 0.213 e. The molecule has 0 N–H and O–H groups in total. The standard InChI is InChI=1S/C22H27N3O2/c1-15-13-23-21(16(2)24-15)17-6-7-20-18(12-17)14-26-22(27-20)8-10-25(11-9-22)19-4-3-5-19/h6-7,12-13,19H,3-5,8-11,14H2,1-2H3. The van der Waals surface area contributed by atoms with Gasteiger partial charge in [-0.2, -0.15) is 0 Å². The molecule has 2 fully saturated rings. The Balaban J connectivity index is 1.33. The van der Waals surface area contributed by atoms with Crippen LogP contribution in [-0.2, 0) is 11.3 Å². The lowest BCUT2D eigenvalue weighted by atomic mass is 9.89. The van der Waals surface area contributed by atoms with Crippen molar-refractivity contribution in [2.24, 2.45) is 0 Å². The van der Waals surface area contributed by atoms with Gasteiger partial charge in [-0.15, -0.1) is 0 Å². The summed E-state index contributed by atoms with van der Waals surface area (Å²) < 4.78 is 12.7. The van der Waals surface area contributed by atoms with Crippen molar-refractivity contribution in [3.63, 3.8) is 0 Å². The molecule has 0 unspecified atom stereocenters. The van der Waals surface area contributed by atoms with Crippen molar-refractivity contribution in [1.29, 1.82) is 0 Å². The molecule has 1 aromatic carbocycles. The molecule has 1 aromatic heterocycles. The van der Waals surface area contributed by atoms with Crippen LogP contribution in [0.25, 0.3) is 11.3 Å². The Morgan fingerprint density at radius 2 is 1.96 bits per heavy atom. The van der Waals surface area contributed by atoms with Crippen LogP contribution in [0.4, 0.5) is 0 Å². The van der Waals surface area contributed by atoms with Gasteiger partial charge in [0.05, 0.1) is 23.7 Å². The Bertz CT molecular complexity index is 855. The monoisotopic (exact) mass is 365 g/mol. The number of rotatable bonds is 2. The smallest absolute Gasteiger partial charge is 0.213 e. The summed E-state index contributed by atoms with van der Waals surface area (Å²) in [5.74, 6) is 0.522. The molecule has 1 saturated heterocycles. The lowest BCUT2D eigenvalue weighted by Crippen LogP contribution is -2.54. The van der Waals surface area contributed by atoms with Crippen LogP contribution < -0.4 is 4.74 Å². The van der Waals surface area contributed by atoms with Crippen LogP contribution in [0.3, 0.4) is 0 Å². The lowest BCUT2D eigenvalue weighted by Gasteiger charge is -2.47. The van der Waals surface area contributed by atoms with Crippen LogP contribution in [0.15, 0.2) is 24.4 Å². The topological polar surface area (TPSA) is 47.5 Å². The fraction of sp³-hybridized carbons (Fsp3) is 0.545. The average molecular weight is 365 g/mol. The molecular weight excluding hydrogens is 338 g/mol. The van der Waals surface area contributed by atoms with Gasteiger partial charge in [-0.05, 0) is 44.9 Å². The molecule has 142 valence electrons. The van der Waals surface area contributed by atoms with Gasteiger partial charge >= 0.3 is 0 Å².